The van der Waals surface area contributed by atoms with Crippen molar-refractivity contribution in [1.29, 1.82) is 0 Å². The summed E-state index contributed by atoms with van der Waals surface area (Å²) in [4.78, 5) is 22.9. The highest BCUT2D eigenvalue weighted by Gasteiger charge is 2.28. The van der Waals surface area contributed by atoms with Gasteiger partial charge in [0.1, 0.15) is 0 Å². The highest BCUT2D eigenvalue weighted by Crippen LogP contribution is 2.48. The lowest BCUT2D eigenvalue weighted by Crippen LogP contribution is -2.12. The van der Waals surface area contributed by atoms with Gasteiger partial charge in [-0.1, -0.05) is 300 Å². The van der Waals surface area contributed by atoms with Crippen LogP contribution < -0.4 is 18.9 Å². The maximum atomic E-state index is 6.77. The van der Waals surface area contributed by atoms with Crippen LogP contribution in [0.25, 0.3) is 76.5 Å². The largest absolute Gasteiger partial charge is 0.490 e. The third-order valence-electron chi connectivity index (χ3n) is 19.8. The number of hydrogen-bond acceptors (Lipinski definition) is 8. The molecule has 8 aromatic rings. The quantitative estimate of drug-likeness (QED) is 0.0212. The molecular formula is C84H126N4O4. The summed E-state index contributed by atoms with van der Waals surface area (Å²) in [5.74, 6) is 3.07. The van der Waals surface area contributed by atoms with Crippen molar-refractivity contribution in [1.82, 2.24) is 19.9 Å². The van der Waals surface area contributed by atoms with Crippen molar-refractivity contribution >= 4 is 76.5 Å². The molecule has 2 heterocycles. The molecule has 0 atom stereocenters. The molecule has 0 radical (unpaired) electrons. The Morgan fingerprint density at radius 3 is 0.587 bits per heavy atom. The molecule has 0 aliphatic carbocycles. The van der Waals surface area contributed by atoms with E-state index in [1.807, 2.05) is 0 Å². The third-order valence-corrected chi connectivity index (χ3v) is 19.8. The topological polar surface area (TPSA) is 88.5 Å². The van der Waals surface area contributed by atoms with Crippen LogP contribution >= 0.6 is 0 Å². The van der Waals surface area contributed by atoms with Crippen LogP contribution in [0.2, 0.25) is 0 Å². The molecule has 0 fully saturated rings. The van der Waals surface area contributed by atoms with Gasteiger partial charge in [-0.15, -0.1) is 0 Å². The van der Waals surface area contributed by atoms with E-state index >= 15 is 0 Å². The molecule has 0 amide bonds. The van der Waals surface area contributed by atoms with Gasteiger partial charge in [0.15, 0.2) is 23.0 Å². The predicted octanol–water partition coefficient (Wildman–Crippen LogP) is 26.6. The summed E-state index contributed by atoms with van der Waals surface area (Å²) in [5, 5.41) is 6.68. The highest BCUT2D eigenvalue weighted by atomic mass is 16.5. The SMILES string of the molecule is CCCCCCCCCCCCOc1cc2nc3c4cc(C(C)(C)C)cc5c6nc7cc(OCCCCCCCCCCCC)c(OCCCCCCCCCCCC)cc7nc6c6cc(C(C)(C)C)cc(c3nc2cc1OCCCCCCCCCCCC)c6c45. The van der Waals surface area contributed by atoms with Crippen molar-refractivity contribution in [2.24, 2.45) is 0 Å². The Labute approximate surface area is 558 Å². The fourth-order valence-corrected chi connectivity index (χ4v) is 13.9. The van der Waals surface area contributed by atoms with E-state index in [4.69, 9.17) is 38.9 Å². The maximum Gasteiger partial charge on any atom is 0.163 e. The Kier molecular flexibility index (Phi) is 30.3. The van der Waals surface area contributed by atoms with Crippen molar-refractivity contribution in [3.8, 4) is 23.0 Å². The molecule has 92 heavy (non-hydrogen) atoms. The van der Waals surface area contributed by atoms with Crippen LogP contribution in [0.3, 0.4) is 0 Å². The van der Waals surface area contributed by atoms with Crippen molar-refractivity contribution in [2.45, 2.75) is 337 Å². The molecule has 0 aliphatic heterocycles. The Morgan fingerprint density at radius 1 is 0.239 bits per heavy atom. The van der Waals surface area contributed by atoms with Crippen LogP contribution in [-0.4, -0.2) is 46.4 Å². The Hall–Kier alpha value is -5.24. The monoisotopic (exact) mass is 1250 g/mol. The van der Waals surface area contributed by atoms with E-state index < -0.39 is 0 Å². The van der Waals surface area contributed by atoms with E-state index in [9.17, 15) is 0 Å². The Balaban J connectivity index is 1.17. The van der Waals surface area contributed by atoms with Crippen LogP contribution in [0.5, 0.6) is 23.0 Å². The zero-order chi connectivity index (χ0) is 65.0. The van der Waals surface area contributed by atoms with Crippen LogP contribution in [0.1, 0.15) is 337 Å². The Morgan fingerprint density at radius 2 is 0.413 bits per heavy atom. The lowest BCUT2D eigenvalue weighted by Gasteiger charge is -2.25. The van der Waals surface area contributed by atoms with Crippen molar-refractivity contribution in [3.05, 3.63) is 59.7 Å². The molecule has 8 nitrogen and oxygen atoms in total. The average molecular weight is 1260 g/mol. The summed E-state index contributed by atoms with van der Waals surface area (Å²) in [6, 6.07) is 18.1. The summed E-state index contributed by atoms with van der Waals surface area (Å²) < 4.78 is 27.1. The first-order valence-electron chi connectivity index (χ1n) is 38.5. The fourth-order valence-electron chi connectivity index (χ4n) is 13.9. The lowest BCUT2D eigenvalue weighted by atomic mass is 9.80. The summed E-state index contributed by atoms with van der Waals surface area (Å²) in [7, 11) is 0. The number of unbranched alkanes of at least 4 members (excludes halogenated alkanes) is 36. The molecule has 8 rings (SSSR count). The van der Waals surface area contributed by atoms with Crippen LogP contribution in [0, 0.1) is 0 Å². The van der Waals surface area contributed by atoms with Gasteiger partial charge in [0.2, 0.25) is 0 Å². The Bertz CT molecular complexity index is 3010. The summed E-state index contributed by atoms with van der Waals surface area (Å²) in [6.45, 7) is 25.7. The number of aromatic nitrogens is 4. The van der Waals surface area contributed by atoms with Gasteiger partial charge in [-0.05, 0) is 71.9 Å². The van der Waals surface area contributed by atoms with E-state index in [1.165, 1.54) is 242 Å². The molecule has 506 valence electrons. The summed E-state index contributed by atoms with van der Waals surface area (Å²) >= 11 is 0. The van der Waals surface area contributed by atoms with Gasteiger partial charge in [-0.3, -0.25) is 0 Å². The third kappa shape index (κ3) is 21.4. The molecule has 8 heteroatoms. The molecule has 0 saturated carbocycles. The standard InChI is InChI=1S/C84H126N4O4/c1-11-15-19-23-27-31-35-39-43-47-51-89-73-59-69-70(60-74(73)90-52-48-44-40-36-32-28-24-20-16-12-2)86-80-66-56-64(84(8,9)10)58-68-78(66)77-65(79(80)85-69)55-63(83(5,6)7)57-67(77)81-82(68)88-72-62-76(92-54-50-46-42-38-34-30-26-22-18-14-4)75(61-71(72)87-81)91-53-49-45-41-37-33-29-25-21-17-13-3/h55-62H,11-54H2,1-10H3. The van der Waals surface area contributed by atoms with Gasteiger partial charge >= 0.3 is 0 Å². The number of benzene rings is 6. The average Bonchev–Trinajstić information content (AvgIpc) is 0.693. The minimum atomic E-state index is -0.177. The smallest absolute Gasteiger partial charge is 0.163 e. The zero-order valence-electron chi connectivity index (χ0n) is 60.2. The maximum absolute atomic E-state index is 6.77. The number of hydrogen-bond donors (Lipinski definition) is 0. The molecule has 6 aromatic carbocycles. The van der Waals surface area contributed by atoms with Crippen molar-refractivity contribution in [2.75, 3.05) is 26.4 Å². The minimum absolute atomic E-state index is 0.177. The first kappa shape index (κ1) is 72.6. The molecule has 0 spiro atoms. The van der Waals surface area contributed by atoms with E-state index in [1.54, 1.807) is 0 Å². The van der Waals surface area contributed by atoms with Gasteiger partial charge in [0.25, 0.3) is 0 Å². The molecular weight excluding hydrogens is 1130 g/mol. The van der Waals surface area contributed by atoms with Gasteiger partial charge in [0, 0.05) is 56.6 Å². The second-order valence-corrected chi connectivity index (χ2v) is 29.9. The van der Waals surface area contributed by atoms with E-state index in [-0.39, 0.29) is 10.8 Å². The molecule has 0 N–H and O–H groups in total. The second kappa shape index (κ2) is 38.3. The van der Waals surface area contributed by atoms with E-state index in [0.717, 1.165) is 125 Å². The first-order chi connectivity index (χ1) is 44.8. The lowest BCUT2D eigenvalue weighted by molar-refractivity contribution is 0.259. The predicted molar refractivity (Wildman–Crippen MR) is 398 cm³/mol. The van der Waals surface area contributed by atoms with Crippen molar-refractivity contribution in [3.63, 3.8) is 0 Å². The number of nitrogens with zero attached hydrogens (tertiary/aromatic N) is 4. The van der Waals surface area contributed by atoms with E-state index in [2.05, 4.69) is 118 Å². The van der Waals surface area contributed by atoms with Gasteiger partial charge in [-0.2, -0.15) is 0 Å². The van der Waals surface area contributed by atoms with Gasteiger partial charge in [-0.25, -0.2) is 19.9 Å². The van der Waals surface area contributed by atoms with Gasteiger partial charge in [0.05, 0.1) is 70.6 Å². The summed E-state index contributed by atoms with van der Waals surface area (Å²) in [6.07, 6.45) is 51.4. The molecule has 0 bridgehead atoms. The molecule has 2 aromatic heterocycles. The fraction of sp³-hybridized carbons (Fsp3) is 0.667. The normalized spacial score (nSPS) is 12.4. The zero-order valence-corrected chi connectivity index (χ0v) is 60.2. The van der Waals surface area contributed by atoms with E-state index in [0.29, 0.717) is 26.4 Å². The highest BCUT2D eigenvalue weighted by molar-refractivity contribution is 6.39. The summed E-state index contributed by atoms with van der Waals surface area (Å²) in [5.41, 5.74) is 8.94. The second-order valence-electron chi connectivity index (χ2n) is 29.9. The molecule has 0 unspecified atom stereocenters. The van der Waals surface area contributed by atoms with Crippen LogP contribution in [0.4, 0.5) is 0 Å². The number of rotatable bonds is 48. The number of ether oxygens (including phenoxy) is 4. The molecule has 0 saturated heterocycles. The minimum Gasteiger partial charge on any atom is -0.490 e. The molecule has 0 aliphatic rings. The number of fused-ring (bicyclic) bond motifs is 8. The van der Waals surface area contributed by atoms with Crippen LogP contribution in [-0.2, 0) is 10.8 Å². The van der Waals surface area contributed by atoms with Crippen molar-refractivity contribution < 1.29 is 18.9 Å². The van der Waals surface area contributed by atoms with Gasteiger partial charge < -0.3 is 18.9 Å². The first-order valence-corrected chi connectivity index (χ1v) is 38.5. The van der Waals surface area contributed by atoms with Crippen LogP contribution in [0.15, 0.2) is 48.5 Å².